The first-order chi connectivity index (χ1) is 11.8. The van der Waals surface area contributed by atoms with Crippen LogP contribution < -0.4 is 10.2 Å². The molecule has 0 saturated carbocycles. The highest BCUT2D eigenvalue weighted by Gasteiger charge is 2.24. The summed E-state index contributed by atoms with van der Waals surface area (Å²) in [4.78, 5) is 24.7. The minimum Gasteiger partial charge on any atom is -0.376 e. The van der Waals surface area contributed by atoms with E-state index < -0.39 is 0 Å². The van der Waals surface area contributed by atoms with E-state index >= 15 is 0 Å². The van der Waals surface area contributed by atoms with Gasteiger partial charge in [0.2, 0.25) is 0 Å². The summed E-state index contributed by atoms with van der Waals surface area (Å²) in [7, 11) is 0. The zero-order valence-electron chi connectivity index (χ0n) is 13.5. The van der Waals surface area contributed by atoms with Gasteiger partial charge in [-0.25, -0.2) is 9.78 Å². The molecule has 2 amide bonds. The maximum Gasteiger partial charge on any atom is 0.317 e. The molecule has 2 fully saturated rings. The number of piperazine rings is 1. The number of fused-ring (bicyclic) bond motifs is 1. The van der Waals surface area contributed by atoms with Gasteiger partial charge < -0.3 is 19.9 Å². The molecule has 9 nitrogen and oxygen atoms in total. The molecule has 2 aromatic rings. The van der Waals surface area contributed by atoms with Crippen molar-refractivity contribution in [2.24, 2.45) is 0 Å². The molecular formula is C15H21N7O2. The fourth-order valence-electron chi connectivity index (χ4n) is 3.21. The van der Waals surface area contributed by atoms with Crippen molar-refractivity contribution in [3.8, 4) is 0 Å². The van der Waals surface area contributed by atoms with Gasteiger partial charge in [0.05, 0.1) is 18.5 Å². The third-order valence-corrected chi connectivity index (χ3v) is 4.57. The first kappa shape index (κ1) is 15.1. The summed E-state index contributed by atoms with van der Waals surface area (Å²) in [5.74, 6) is 0.907. The molecule has 9 heteroatoms. The summed E-state index contributed by atoms with van der Waals surface area (Å²) in [6.45, 7) is 4.23. The minimum atomic E-state index is -0.0118. The smallest absolute Gasteiger partial charge is 0.317 e. The topological polar surface area (TPSA) is 87.9 Å². The third-order valence-electron chi connectivity index (χ3n) is 4.57. The van der Waals surface area contributed by atoms with Crippen molar-refractivity contribution < 1.29 is 9.53 Å². The van der Waals surface area contributed by atoms with Gasteiger partial charge >= 0.3 is 6.03 Å². The van der Waals surface area contributed by atoms with Crippen molar-refractivity contribution in [1.29, 1.82) is 0 Å². The van der Waals surface area contributed by atoms with Gasteiger partial charge in [-0.15, -0.1) is 0 Å². The molecule has 0 bridgehead atoms. The summed E-state index contributed by atoms with van der Waals surface area (Å²) in [5.41, 5.74) is 0.726. The highest BCUT2D eigenvalue weighted by molar-refractivity contribution is 5.74. The van der Waals surface area contributed by atoms with Crippen LogP contribution in [0.5, 0.6) is 0 Å². The lowest BCUT2D eigenvalue weighted by Gasteiger charge is -2.35. The first-order valence-electron chi connectivity index (χ1n) is 8.34. The zero-order chi connectivity index (χ0) is 16.4. The summed E-state index contributed by atoms with van der Waals surface area (Å²) >= 11 is 0. The average molecular weight is 331 g/mol. The van der Waals surface area contributed by atoms with Crippen molar-refractivity contribution in [2.45, 2.75) is 18.9 Å². The minimum absolute atomic E-state index is 0.0118. The number of carbonyl (C=O) groups is 1. The number of amides is 2. The third kappa shape index (κ3) is 2.99. The van der Waals surface area contributed by atoms with E-state index in [1.165, 1.54) is 6.33 Å². The van der Waals surface area contributed by atoms with E-state index in [4.69, 9.17) is 4.74 Å². The molecule has 0 aliphatic carbocycles. The normalized spacial score (nSPS) is 21.4. The standard InChI is InChI=1S/C15H21N7O2/c23-15(17-8-12-2-1-7-24-12)21-5-3-20(4-6-21)14-10-16-9-13-18-11-19-22(13)14/h9-12H,1-8H2,(H,17,23)/t12-/m1/s1. The lowest BCUT2D eigenvalue weighted by molar-refractivity contribution is 0.108. The van der Waals surface area contributed by atoms with Crippen LogP contribution in [0.4, 0.5) is 10.6 Å². The van der Waals surface area contributed by atoms with Crippen LogP contribution in [0.25, 0.3) is 5.65 Å². The Kier molecular flexibility index (Phi) is 4.16. The fraction of sp³-hybridized carbons (Fsp3) is 0.600. The molecule has 0 radical (unpaired) electrons. The van der Waals surface area contributed by atoms with E-state index in [1.54, 1.807) is 16.9 Å². The molecule has 0 aromatic carbocycles. The lowest BCUT2D eigenvalue weighted by atomic mass is 10.2. The Morgan fingerprint density at radius 3 is 2.96 bits per heavy atom. The molecule has 2 aromatic heterocycles. The lowest BCUT2D eigenvalue weighted by Crippen LogP contribution is -2.53. The molecule has 2 aliphatic heterocycles. The maximum atomic E-state index is 12.3. The summed E-state index contributed by atoms with van der Waals surface area (Å²) in [6, 6.07) is -0.0118. The monoisotopic (exact) mass is 331 g/mol. The number of aromatic nitrogens is 4. The van der Waals surface area contributed by atoms with Crippen LogP contribution in [0, 0.1) is 0 Å². The van der Waals surface area contributed by atoms with Gasteiger partial charge in [-0.2, -0.15) is 9.61 Å². The summed E-state index contributed by atoms with van der Waals surface area (Å²) < 4.78 is 7.31. The van der Waals surface area contributed by atoms with Crippen molar-refractivity contribution in [3.05, 3.63) is 18.7 Å². The molecule has 4 rings (SSSR count). The number of carbonyl (C=O) groups excluding carboxylic acids is 1. The Morgan fingerprint density at radius 1 is 1.29 bits per heavy atom. The quantitative estimate of drug-likeness (QED) is 0.860. The second-order valence-electron chi connectivity index (χ2n) is 6.09. The number of nitrogens with zero attached hydrogens (tertiary/aromatic N) is 6. The van der Waals surface area contributed by atoms with Crippen LogP contribution in [-0.2, 0) is 4.74 Å². The summed E-state index contributed by atoms with van der Waals surface area (Å²) in [5, 5.41) is 7.22. The number of hydrogen-bond donors (Lipinski definition) is 1. The molecule has 1 atom stereocenters. The molecule has 2 saturated heterocycles. The van der Waals surface area contributed by atoms with Gasteiger partial charge in [0.15, 0.2) is 11.5 Å². The molecule has 4 heterocycles. The van der Waals surface area contributed by atoms with Crippen LogP contribution in [-0.4, -0.2) is 75.9 Å². The molecular weight excluding hydrogens is 310 g/mol. The molecule has 2 aliphatic rings. The average Bonchev–Trinajstić information content (AvgIpc) is 3.31. The SMILES string of the molecule is O=C(NC[C@H]1CCCO1)N1CCN(c2cncc3ncnn23)CC1. The summed E-state index contributed by atoms with van der Waals surface area (Å²) in [6.07, 6.45) is 7.28. The van der Waals surface area contributed by atoms with Crippen molar-refractivity contribution >= 4 is 17.5 Å². The van der Waals surface area contributed by atoms with Gasteiger partial charge in [-0.05, 0) is 12.8 Å². The second kappa shape index (κ2) is 6.60. The number of urea groups is 1. The van der Waals surface area contributed by atoms with E-state index in [0.717, 1.165) is 44.0 Å². The van der Waals surface area contributed by atoms with Gasteiger partial charge in [0.25, 0.3) is 0 Å². The number of hydrogen-bond acceptors (Lipinski definition) is 6. The maximum absolute atomic E-state index is 12.3. The first-order valence-corrected chi connectivity index (χ1v) is 8.34. The zero-order valence-corrected chi connectivity index (χ0v) is 13.5. The Bertz CT molecular complexity index is 705. The van der Waals surface area contributed by atoms with E-state index in [2.05, 4.69) is 25.3 Å². The molecule has 0 unspecified atom stereocenters. The number of anilines is 1. The molecule has 0 spiro atoms. The van der Waals surface area contributed by atoms with Crippen LogP contribution in [0.3, 0.4) is 0 Å². The predicted molar refractivity (Wildman–Crippen MR) is 86.9 cm³/mol. The Labute approximate surface area is 139 Å². The van der Waals surface area contributed by atoms with Crippen molar-refractivity contribution in [2.75, 3.05) is 44.2 Å². The van der Waals surface area contributed by atoms with Gasteiger partial charge in [0.1, 0.15) is 6.33 Å². The van der Waals surface area contributed by atoms with Gasteiger partial charge in [0, 0.05) is 39.3 Å². The predicted octanol–water partition coefficient (Wildman–Crippen LogP) is 0.135. The molecule has 1 N–H and O–H groups in total. The van der Waals surface area contributed by atoms with E-state index in [1.807, 2.05) is 4.90 Å². The molecule has 128 valence electrons. The number of ether oxygens (including phenoxy) is 1. The number of nitrogens with one attached hydrogen (secondary N) is 1. The van der Waals surface area contributed by atoms with Crippen LogP contribution >= 0.6 is 0 Å². The molecule has 24 heavy (non-hydrogen) atoms. The highest BCUT2D eigenvalue weighted by Crippen LogP contribution is 2.16. The largest absolute Gasteiger partial charge is 0.376 e. The number of rotatable bonds is 3. The van der Waals surface area contributed by atoms with E-state index in [9.17, 15) is 4.79 Å². The van der Waals surface area contributed by atoms with Crippen molar-refractivity contribution in [1.82, 2.24) is 29.8 Å². The fourth-order valence-corrected chi connectivity index (χ4v) is 3.21. The van der Waals surface area contributed by atoms with Crippen molar-refractivity contribution in [3.63, 3.8) is 0 Å². The highest BCUT2D eigenvalue weighted by atomic mass is 16.5. The van der Waals surface area contributed by atoms with Gasteiger partial charge in [-0.1, -0.05) is 0 Å². The van der Waals surface area contributed by atoms with E-state index in [-0.39, 0.29) is 12.1 Å². The Balaban J connectivity index is 1.33. The Hall–Kier alpha value is -2.42. The van der Waals surface area contributed by atoms with Crippen LogP contribution in [0.15, 0.2) is 18.7 Å². The van der Waals surface area contributed by atoms with E-state index in [0.29, 0.717) is 19.6 Å². The Morgan fingerprint density at radius 2 is 2.17 bits per heavy atom. The second-order valence-corrected chi connectivity index (χ2v) is 6.09. The van der Waals surface area contributed by atoms with Crippen LogP contribution in [0.1, 0.15) is 12.8 Å². The van der Waals surface area contributed by atoms with Crippen LogP contribution in [0.2, 0.25) is 0 Å². The van der Waals surface area contributed by atoms with Gasteiger partial charge in [-0.3, -0.25) is 4.98 Å².